The number of aromatic nitrogens is 2. The summed E-state index contributed by atoms with van der Waals surface area (Å²) >= 11 is 0. The zero-order valence-electron chi connectivity index (χ0n) is 8.40. The van der Waals surface area contributed by atoms with Gasteiger partial charge in [-0.1, -0.05) is 5.16 Å². The van der Waals surface area contributed by atoms with Crippen LogP contribution in [0, 0.1) is 6.92 Å². The van der Waals surface area contributed by atoms with Crippen LogP contribution in [0.15, 0.2) is 11.4 Å². The molecule has 1 unspecified atom stereocenters. The second-order valence-corrected chi connectivity index (χ2v) is 3.47. The largest absolute Gasteiger partial charge is 0.390 e. The molecule has 0 aromatic carbocycles. The molecular formula is C9H14N4O. The van der Waals surface area contributed by atoms with Crippen molar-refractivity contribution in [3.63, 3.8) is 0 Å². The van der Waals surface area contributed by atoms with Gasteiger partial charge in [0.2, 0.25) is 0 Å². The number of hydrogen-bond acceptors (Lipinski definition) is 4. The number of nitrogens with two attached hydrogens (primary N) is 1. The average molecular weight is 194 g/mol. The minimum Gasteiger partial charge on any atom is -0.390 e. The number of hydrogen-bond donors (Lipinski definition) is 1. The van der Waals surface area contributed by atoms with E-state index in [9.17, 15) is 0 Å². The van der Waals surface area contributed by atoms with E-state index in [2.05, 4.69) is 10.3 Å². The fourth-order valence-electron chi connectivity index (χ4n) is 1.50. The first-order chi connectivity index (χ1) is 6.72. The van der Waals surface area contributed by atoms with E-state index in [1.54, 1.807) is 0 Å². The van der Waals surface area contributed by atoms with Gasteiger partial charge in [0.1, 0.15) is 6.10 Å². The lowest BCUT2D eigenvalue weighted by molar-refractivity contribution is 0.0918. The van der Waals surface area contributed by atoms with Crippen molar-refractivity contribution in [2.45, 2.75) is 19.4 Å². The molecule has 1 aliphatic rings. The minimum atomic E-state index is 0.0320. The Morgan fingerprint density at radius 1 is 1.71 bits per heavy atom. The van der Waals surface area contributed by atoms with Gasteiger partial charge in [0.05, 0.1) is 11.9 Å². The monoisotopic (exact) mass is 194 g/mol. The van der Waals surface area contributed by atoms with Crippen molar-refractivity contribution < 1.29 is 4.84 Å². The molecule has 0 aliphatic carbocycles. The van der Waals surface area contributed by atoms with Crippen LogP contribution in [0.4, 0.5) is 0 Å². The van der Waals surface area contributed by atoms with Crippen molar-refractivity contribution in [2.75, 3.05) is 6.54 Å². The third-order valence-electron chi connectivity index (χ3n) is 2.54. The predicted octanol–water partition coefficient (Wildman–Crippen LogP) is 0.180. The molecule has 14 heavy (non-hydrogen) atoms. The van der Waals surface area contributed by atoms with Crippen molar-refractivity contribution in [2.24, 2.45) is 17.9 Å². The van der Waals surface area contributed by atoms with Crippen molar-refractivity contribution in [1.29, 1.82) is 0 Å². The normalized spacial score (nSPS) is 20.8. The van der Waals surface area contributed by atoms with Gasteiger partial charge in [-0.2, -0.15) is 5.10 Å². The molecule has 5 heteroatoms. The number of aryl methyl sites for hydroxylation is 1. The molecule has 1 atom stereocenters. The smallest absolute Gasteiger partial charge is 0.145 e. The fourth-order valence-corrected chi connectivity index (χ4v) is 1.50. The summed E-state index contributed by atoms with van der Waals surface area (Å²) in [7, 11) is 1.91. The quantitative estimate of drug-likeness (QED) is 0.730. The van der Waals surface area contributed by atoms with Crippen LogP contribution in [0.25, 0.3) is 0 Å². The van der Waals surface area contributed by atoms with E-state index in [1.807, 2.05) is 24.9 Å². The highest BCUT2D eigenvalue weighted by atomic mass is 16.6. The second-order valence-electron chi connectivity index (χ2n) is 3.47. The van der Waals surface area contributed by atoms with E-state index in [0.29, 0.717) is 6.54 Å². The lowest BCUT2D eigenvalue weighted by atomic mass is 10.1. The highest BCUT2D eigenvalue weighted by Gasteiger charge is 2.23. The summed E-state index contributed by atoms with van der Waals surface area (Å²) in [6, 6.07) is 0. The molecule has 0 amide bonds. The molecule has 5 nitrogen and oxygen atoms in total. The lowest BCUT2D eigenvalue weighted by Crippen LogP contribution is -2.20. The zero-order valence-corrected chi connectivity index (χ0v) is 8.40. The van der Waals surface area contributed by atoms with E-state index in [4.69, 9.17) is 10.6 Å². The summed E-state index contributed by atoms with van der Waals surface area (Å²) in [6.45, 7) is 2.52. The van der Waals surface area contributed by atoms with Crippen LogP contribution >= 0.6 is 0 Å². The molecule has 0 saturated carbocycles. The molecule has 0 fully saturated rings. The molecule has 1 aromatic rings. The topological polar surface area (TPSA) is 65.4 Å². The Morgan fingerprint density at radius 2 is 2.50 bits per heavy atom. The maximum Gasteiger partial charge on any atom is 0.145 e. The number of nitrogens with zero attached hydrogens (tertiary/aromatic N) is 3. The van der Waals surface area contributed by atoms with Gasteiger partial charge < -0.3 is 10.6 Å². The Labute approximate surface area is 82.5 Å². The van der Waals surface area contributed by atoms with Gasteiger partial charge in [0.15, 0.2) is 0 Å². The van der Waals surface area contributed by atoms with Gasteiger partial charge in [-0.05, 0) is 6.92 Å². The Balaban J connectivity index is 2.21. The molecule has 2 N–H and O–H groups in total. The molecule has 2 rings (SSSR count). The Morgan fingerprint density at radius 3 is 3.00 bits per heavy atom. The van der Waals surface area contributed by atoms with Crippen molar-refractivity contribution in [3.8, 4) is 0 Å². The summed E-state index contributed by atoms with van der Waals surface area (Å²) in [5.74, 6) is 0. The van der Waals surface area contributed by atoms with Crippen LogP contribution in [0.2, 0.25) is 0 Å². The maximum absolute atomic E-state index is 5.50. The maximum atomic E-state index is 5.50. The van der Waals surface area contributed by atoms with E-state index in [0.717, 1.165) is 23.4 Å². The Hall–Kier alpha value is -1.36. The van der Waals surface area contributed by atoms with Crippen LogP contribution in [-0.2, 0) is 11.9 Å². The summed E-state index contributed by atoms with van der Waals surface area (Å²) in [5.41, 5.74) is 8.61. The van der Waals surface area contributed by atoms with Gasteiger partial charge in [0.25, 0.3) is 0 Å². The standard InChI is InChI=1S/C9H14N4O/c1-6-8(5-11-13(6)2)9-3-7(4-10)14-12-9/h5,7H,3-4,10H2,1-2H3. The third kappa shape index (κ3) is 1.39. The first-order valence-corrected chi connectivity index (χ1v) is 4.64. The molecular weight excluding hydrogens is 180 g/mol. The third-order valence-corrected chi connectivity index (χ3v) is 2.54. The number of oxime groups is 1. The lowest BCUT2D eigenvalue weighted by Gasteiger charge is -2.01. The van der Waals surface area contributed by atoms with Crippen LogP contribution in [-0.4, -0.2) is 28.1 Å². The minimum absolute atomic E-state index is 0.0320. The first-order valence-electron chi connectivity index (χ1n) is 4.64. The van der Waals surface area contributed by atoms with Crippen molar-refractivity contribution in [3.05, 3.63) is 17.5 Å². The molecule has 0 bridgehead atoms. The molecule has 2 heterocycles. The summed E-state index contributed by atoms with van der Waals surface area (Å²) in [5, 5.41) is 8.18. The number of rotatable bonds is 2. The molecule has 76 valence electrons. The Bertz CT molecular complexity index is 369. The summed E-state index contributed by atoms with van der Waals surface area (Å²) in [4.78, 5) is 5.16. The van der Waals surface area contributed by atoms with Crippen LogP contribution in [0.1, 0.15) is 17.7 Å². The predicted molar refractivity (Wildman–Crippen MR) is 53.0 cm³/mol. The Kier molecular flexibility index (Phi) is 2.25. The fraction of sp³-hybridized carbons (Fsp3) is 0.556. The van der Waals surface area contributed by atoms with Gasteiger partial charge in [-0.15, -0.1) is 0 Å². The molecule has 0 radical (unpaired) electrons. The first kappa shape index (κ1) is 9.21. The van der Waals surface area contributed by atoms with Crippen molar-refractivity contribution >= 4 is 5.71 Å². The van der Waals surface area contributed by atoms with Crippen LogP contribution in [0.5, 0.6) is 0 Å². The highest BCUT2D eigenvalue weighted by molar-refractivity contribution is 6.01. The van der Waals surface area contributed by atoms with Crippen LogP contribution in [0.3, 0.4) is 0 Å². The van der Waals surface area contributed by atoms with E-state index in [-0.39, 0.29) is 6.10 Å². The van der Waals surface area contributed by atoms with Gasteiger partial charge in [-0.25, -0.2) is 0 Å². The summed E-state index contributed by atoms with van der Waals surface area (Å²) < 4.78 is 1.83. The van der Waals surface area contributed by atoms with Crippen LogP contribution < -0.4 is 5.73 Å². The van der Waals surface area contributed by atoms with E-state index >= 15 is 0 Å². The van der Waals surface area contributed by atoms with Crippen molar-refractivity contribution in [1.82, 2.24) is 9.78 Å². The van der Waals surface area contributed by atoms with Gasteiger partial charge in [-0.3, -0.25) is 4.68 Å². The zero-order chi connectivity index (χ0) is 10.1. The molecule has 1 aliphatic heterocycles. The molecule has 1 aromatic heterocycles. The highest BCUT2D eigenvalue weighted by Crippen LogP contribution is 2.17. The van der Waals surface area contributed by atoms with E-state index in [1.165, 1.54) is 0 Å². The van der Waals surface area contributed by atoms with E-state index < -0.39 is 0 Å². The SMILES string of the molecule is Cc1c(C2=NOC(CN)C2)cnn1C. The van der Waals surface area contributed by atoms with Gasteiger partial charge in [0, 0.05) is 31.3 Å². The summed E-state index contributed by atoms with van der Waals surface area (Å²) in [6.07, 6.45) is 2.63. The van der Waals surface area contributed by atoms with Gasteiger partial charge >= 0.3 is 0 Å². The molecule has 0 saturated heterocycles. The molecule has 0 spiro atoms. The average Bonchev–Trinajstić information content (AvgIpc) is 2.75. The second kappa shape index (κ2) is 3.42.